The topological polar surface area (TPSA) is 76.2 Å². The number of rotatable bonds is 3. The zero-order valence-corrected chi connectivity index (χ0v) is 15.1. The molecular formula is C21H23N3O3. The van der Waals surface area contributed by atoms with Crippen molar-refractivity contribution in [1.82, 2.24) is 15.5 Å². The highest BCUT2D eigenvalue weighted by molar-refractivity contribution is 5.93. The number of hydrogen-bond donors (Lipinski definition) is 2. The van der Waals surface area contributed by atoms with Gasteiger partial charge < -0.3 is 14.8 Å². The molecule has 4 saturated carbocycles. The van der Waals surface area contributed by atoms with Gasteiger partial charge in [-0.15, -0.1) is 0 Å². The SMILES string of the molecule is O=C(NC1C2CC3CC(C2)CC1C3)c1cc(-c2ccc3c(c2)OCO3)n[nH]1. The van der Waals surface area contributed by atoms with Gasteiger partial charge in [0, 0.05) is 11.6 Å². The molecule has 7 rings (SSSR count). The molecule has 1 amide bonds. The third kappa shape index (κ3) is 2.53. The van der Waals surface area contributed by atoms with Crippen molar-refractivity contribution >= 4 is 5.91 Å². The van der Waals surface area contributed by atoms with Gasteiger partial charge in [-0.3, -0.25) is 9.89 Å². The van der Waals surface area contributed by atoms with Crippen LogP contribution in [0.2, 0.25) is 0 Å². The Balaban J connectivity index is 1.20. The molecule has 0 atom stereocenters. The molecule has 0 spiro atoms. The van der Waals surface area contributed by atoms with Crippen LogP contribution in [-0.4, -0.2) is 28.9 Å². The maximum atomic E-state index is 12.8. The van der Waals surface area contributed by atoms with Crippen LogP contribution in [0.4, 0.5) is 0 Å². The molecule has 4 bridgehead atoms. The van der Waals surface area contributed by atoms with Crippen molar-refractivity contribution in [3.05, 3.63) is 30.0 Å². The van der Waals surface area contributed by atoms with Crippen LogP contribution in [0.5, 0.6) is 11.5 Å². The summed E-state index contributed by atoms with van der Waals surface area (Å²) in [7, 11) is 0. The van der Waals surface area contributed by atoms with E-state index in [0.29, 0.717) is 23.6 Å². The van der Waals surface area contributed by atoms with Crippen molar-refractivity contribution < 1.29 is 14.3 Å². The number of carbonyl (C=O) groups is 1. The van der Waals surface area contributed by atoms with Crippen molar-refractivity contribution in [3.8, 4) is 22.8 Å². The molecule has 6 heteroatoms. The van der Waals surface area contributed by atoms with Crippen molar-refractivity contribution in [2.45, 2.75) is 38.1 Å². The number of carbonyl (C=O) groups excluding carboxylic acids is 1. The van der Waals surface area contributed by atoms with Crippen LogP contribution in [-0.2, 0) is 0 Å². The molecule has 0 saturated heterocycles. The minimum atomic E-state index is -0.0352. The van der Waals surface area contributed by atoms with Gasteiger partial charge in [-0.05, 0) is 80.0 Å². The number of benzene rings is 1. The quantitative estimate of drug-likeness (QED) is 0.874. The summed E-state index contributed by atoms with van der Waals surface area (Å²) in [5.74, 6) is 4.58. The molecule has 140 valence electrons. The first-order chi connectivity index (χ1) is 13.2. The second-order valence-electron chi connectivity index (χ2n) is 8.66. The summed E-state index contributed by atoms with van der Waals surface area (Å²) < 4.78 is 10.8. The number of nitrogens with one attached hydrogen (secondary N) is 2. The largest absolute Gasteiger partial charge is 0.454 e. The molecule has 0 unspecified atom stereocenters. The van der Waals surface area contributed by atoms with Crippen LogP contribution in [0.3, 0.4) is 0 Å². The van der Waals surface area contributed by atoms with Crippen LogP contribution in [0.15, 0.2) is 24.3 Å². The Labute approximate surface area is 157 Å². The molecule has 2 aromatic rings. The highest BCUT2D eigenvalue weighted by atomic mass is 16.7. The first-order valence-corrected chi connectivity index (χ1v) is 9.99. The summed E-state index contributed by atoms with van der Waals surface area (Å²) in [4.78, 5) is 12.8. The fraction of sp³-hybridized carbons (Fsp3) is 0.524. The predicted octanol–water partition coefficient (Wildman–Crippen LogP) is 3.36. The smallest absolute Gasteiger partial charge is 0.269 e. The average Bonchev–Trinajstić information content (AvgIpc) is 3.32. The molecule has 1 aromatic heterocycles. The highest BCUT2D eigenvalue weighted by Crippen LogP contribution is 2.53. The van der Waals surface area contributed by atoms with E-state index in [1.54, 1.807) is 0 Å². The molecule has 1 aromatic carbocycles. The van der Waals surface area contributed by atoms with Gasteiger partial charge in [-0.2, -0.15) is 5.10 Å². The number of H-pyrrole nitrogens is 1. The number of amides is 1. The zero-order chi connectivity index (χ0) is 18.0. The summed E-state index contributed by atoms with van der Waals surface area (Å²) >= 11 is 0. The lowest BCUT2D eigenvalue weighted by Gasteiger charge is -2.54. The van der Waals surface area contributed by atoms with Gasteiger partial charge in [0.2, 0.25) is 6.79 Å². The van der Waals surface area contributed by atoms with Crippen molar-refractivity contribution in [1.29, 1.82) is 0 Å². The van der Waals surface area contributed by atoms with E-state index in [-0.39, 0.29) is 12.7 Å². The van der Waals surface area contributed by atoms with Crippen molar-refractivity contribution in [3.63, 3.8) is 0 Å². The normalized spacial score (nSPS) is 32.7. The molecule has 2 heterocycles. The molecule has 0 radical (unpaired) electrons. The second-order valence-corrected chi connectivity index (χ2v) is 8.66. The van der Waals surface area contributed by atoms with E-state index in [1.807, 2.05) is 24.3 Å². The Kier molecular flexibility index (Phi) is 3.31. The van der Waals surface area contributed by atoms with Gasteiger partial charge in [-0.1, -0.05) is 0 Å². The van der Waals surface area contributed by atoms with Crippen LogP contribution in [0.25, 0.3) is 11.3 Å². The molecule has 1 aliphatic heterocycles. The fourth-order valence-electron chi connectivity index (χ4n) is 6.03. The molecule has 4 fully saturated rings. The molecule has 2 N–H and O–H groups in total. The number of hydrogen-bond acceptors (Lipinski definition) is 4. The Morgan fingerprint density at radius 2 is 1.74 bits per heavy atom. The Bertz CT molecular complexity index is 878. The average molecular weight is 365 g/mol. The fourth-order valence-corrected chi connectivity index (χ4v) is 6.03. The van der Waals surface area contributed by atoms with E-state index in [0.717, 1.165) is 34.6 Å². The first kappa shape index (κ1) is 15.5. The summed E-state index contributed by atoms with van der Waals surface area (Å²) in [5, 5.41) is 10.6. The number of aromatic nitrogens is 2. The zero-order valence-electron chi connectivity index (χ0n) is 15.1. The van der Waals surface area contributed by atoms with Crippen LogP contribution in [0.1, 0.15) is 42.6 Å². The van der Waals surface area contributed by atoms with Gasteiger partial charge in [0.1, 0.15) is 5.69 Å². The lowest BCUT2D eigenvalue weighted by molar-refractivity contribution is -0.0120. The highest BCUT2D eigenvalue weighted by Gasteiger charge is 2.48. The second kappa shape index (κ2) is 5.75. The van der Waals surface area contributed by atoms with E-state index in [9.17, 15) is 4.79 Å². The maximum Gasteiger partial charge on any atom is 0.269 e. The lowest BCUT2D eigenvalue weighted by Crippen LogP contribution is -2.55. The molecule has 27 heavy (non-hydrogen) atoms. The van der Waals surface area contributed by atoms with E-state index in [2.05, 4.69) is 15.5 Å². The lowest BCUT2D eigenvalue weighted by atomic mass is 9.54. The third-order valence-electron chi connectivity index (χ3n) is 7.02. The van der Waals surface area contributed by atoms with E-state index in [4.69, 9.17) is 9.47 Å². The van der Waals surface area contributed by atoms with E-state index in [1.165, 1.54) is 32.1 Å². The summed E-state index contributed by atoms with van der Waals surface area (Å²) in [6, 6.07) is 7.87. The standard InChI is InChI=1S/C21H23N3O3/c25-21(22-20-14-4-11-3-12(6-14)7-15(20)5-11)17-9-16(23-24-17)13-1-2-18-19(8-13)27-10-26-18/h1-2,8-9,11-12,14-15,20H,3-7,10H2,(H,22,25)(H,23,24). The third-order valence-corrected chi connectivity index (χ3v) is 7.02. The summed E-state index contributed by atoms with van der Waals surface area (Å²) in [5.41, 5.74) is 2.17. The van der Waals surface area contributed by atoms with Gasteiger partial charge in [0.05, 0.1) is 5.69 Å². The van der Waals surface area contributed by atoms with Gasteiger partial charge in [0.25, 0.3) is 5.91 Å². The molecule has 4 aliphatic carbocycles. The van der Waals surface area contributed by atoms with Gasteiger partial charge in [0.15, 0.2) is 11.5 Å². The monoisotopic (exact) mass is 365 g/mol. The number of aromatic amines is 1. The predicted molar refractivity (Wildman–Crippen MR) is 98.4 cm³/mol. The molecule has 6 nitrogen and oxygen atoms in total. The Hall–Kier alpha value is -2.50. The first-order valence-electron chi connectivity index (χ1n) is 9.99. The maximum absolute atomic E-state index is 12.8. The summed E-state index contributed by atoms with van der Waals surface area (Å²) in [6.45, 7) is 0.248. The van der Waals surface area contributed by atoms with Gasteiger partial charge in [-0.25, -0.2) is 0 Å². The minimum absolute atomic E-state index is 0.0352. The van der Waals surface area contributed by atoms with Crippen LogP contribution < -0.4 is 14.8 Å². The van der Waals surface area contributed by atoms with Crippen molar-refractivity contribution in [2.75, 3.05) is 6.79 Å². The van der Waals surface area contributed by atoms with Gasteiger partial charge >= 0.3 is 0 Å². The number of nitrogens with zero attached hydrogens (tertiary/aromatic N) is 1. The molecular weight excluding hydrogens is 342 g/mol. The Morgan fingerprint density at radius 3 is 2.52 bits per heavy atom. The van der Waals surface area contributed by atoms with Crippen molar-refractivity contribution in [2.24, 2.45) is 23.7 Å². The minimum Gasteiger partial charge on any atom is -0.454 e. The number of ether oxygens (including phenoxy) is 2. The molecule has 5 aliphatic rings. The van der Waals surface area contributed by atoms with Crippen LogP contribution >= 0.6 is 0 Å². The van der Waals surface area contributed by atoms with E-state index >= 15 is 0 Å². The number of fused-ring (bicyclic) bond motifs is 1. The Morgan fingerprint density at radius 1 is 1.00 bits per heavy atom. The summed E-state index contributed by atoms with van der Waals surface area (Å²) in [6.07, 6.45) is 6.60. The van der Waals surface area contributed by atoms with E-state index < -0.39 is 0 Å². The van der Waals surface area contributed by atoms with Crippen LogP contribution in [0, 0.1) is 23.7 Å².